The molecule has 0 saturated heterocycles. The fourth-order valence-electron chi connectivity index (χ4n) is 1.44. The topological polar surface area (TPSA) is 122 Å². The minimum absolute atomic E-state index is 0.314. The molecule has 0 aromatic heterocycles. The largest absolute Gasteiger partial charge is 0.480 e. The minimum Gasteiger partial charge on any atom is -0.480 e. The first-order valence-corrected chi connectivity index (χ1v) is 5.98. The maximum atomic E-state index is 11.7. The number of aliphatic carboxylic acids is 1. The van der Waals surface area contributed by atoms with Crippen LogP contribution in [-0.4, -0.2) is 36.0 Å². The van der Waals surface area contributed by atoms with Crippen LogP contribution < -0.4 is 16.4 Å². The number of carboxylic acid groups (broad SMARTS) is 1. The van der Waals surface area contributed by atoms with E-state index in [2.05, 4.69) is 10.6 Å². The fourth-order valence-corrected chi connectivity index (χ4v) is 1.44. The number of amides is 2. The number of rotatable bonds is 6. The first-order chi connectivity index (χ1) is 9.40. The summed E-state index contributed by atoms with van der Waals surface area (Å²) in [6, 6.07) is 6.28. The van der Waals surface area contributed by atoms with Crippen molar-refractivity contribution < 1.29 is 19.5 Å². The molecule has 1 unspecified atom stereocenters. The molecule has 1 rings (SSSR count). The van der Waals surface area contributed by atoms with Crippen LogP contribution in [0.15, 0.2) is 24.3 Å². The third-order valence-electron chi connectivity index (χ3n) is 2.58. The maximum absolute atomic E-state index is 11.7. The van der Waals surface area contributed by atoms with Crippen molar-refractivity contribution >= 4 is 17.8 Å². The molecule has 1 atom stereocenters. The van der Waals surface area contributed by atoms with Crippen molar-refractivity contribution in [1.29, 1.82) is 0 Å². The summed E-state index contributed by atoms with van der Waals surface area (Å²) in [5.74, 6) is -2.24. The van der Waals surface area contributed by atoms with Gasteiger partial charge in [0.05, 0.1) is 6.54 Å². The van der Waals surface area contributed by atoms with Gasteiger partial charge in [0.15, 0.2) is 0 Å². The molecule has 0 heterocycles. The molecule has 0 saturated carbocycles. The molecule has 7 heteroatoms. The van der Waals surface area contributed by atoms with Gasteiger partial charge in [-0.3, -0.25) is 14.4 Å². The van der Waals surface area contributed by atoms with Gasteiger partial charge in [0.1, 0.15) is 12.6 Å². The van der Waals surface area contributed by atoms with Gasteiger partial charge in [-0.2, -0.15) is 0 Å². The third-order valence-corrected chi connectivity index (χ3v) is 2.58. The van der Waals surface area contributed by atoms with Crippen LogP contribution in [0.1, 0.15) is 17.2 Å². The van der Waals surface area contributed by atoms with Gasteiger partial charge in [0.2, 0.25) is 11.8 Å². The van der Waals surface area contributed by atoms with Gasteiger partial charge < -0.3 is 21.5 Å². The molecule has 108 valence electrons. The van der Waals surface area contributed by atoms with Crippen LogP contribution in [-0.2, 0) is 14.4 Å². The van der Waals surface area contributed by atoms with Crippen molar-refractivity contribution in [3.63, 3.8) is 0 Å². The number of carbonyl (C=O) groups excluding carboxylic acids is 2. The normalized spacial score (nSPS) is 11.5. The van der Waals surface area contributed by atoms with Crippen LogP contribution in [0, 0.1) is 6.92 Å². The monoisotopic (exact) mass is 279 g/mol. The summed E-state index contributed by atoms with van der Waals surface area (Å²) < 4.78 is 0. The predicted molar refractivity (Wildman–Crippen MR) is 71.8 cm³/mol. The predicted octanol–water partition coefficient (Wildman–Crippen LogP) is -0.688. The Morgan fingerprint density at radius 3 is 2.30 bits per heavy atom. The molecule has 0 aliphatic rings. The number of hydrogen-bond acceptors (Lipinski definition) is 4. The first kappa shape index (κ1) is 15.6. The molecule has 1 aromatic carbocycles. The van der Waals surface area contributed by atoms with Crippen molar-refractivity contribution in [3.05, 3.63) is 35.4 Å². The highest BCUT2D eigenvalue weighted by Gasteiger charge is 2.16. The number of benzene rings is 1. The van der Waals surface area contributed by atoms with Crippen LogP contribution in [0.3, 0.4) is 0 Å². The summed E-state index contributed by atoms with van der Waals surface area (Å²) in [6.07, 6.45) is 0. The van der Waals surface area contributed by atoms with Gasteiger partial charge in [-0.1, -0.05) is 29.8 Å². The molecule has 0 aliphatic heterocycles. The van der Waals surface area contributed by atoms with E-state index in [1.165, 1.54) is 0 Å². The van der Waals surface area contributed by atoms with E-state index in [1.54, 1.807) is 12.1 Å². The molecule has 0 radical (unpaired) electrons. The van der Waals surface area contributed by atoms with Crippen molar-refractivity contribution in [3.8, 4) is 0 Å². The van der Waals surface area contributed by atoms with E-state index in [9.17, 15) is 14.4 Å². The number of carbonyl (C=O) groups is 3. The minimum atomic E-state index is -1.15. The average Bonchev–Trinajstić information content (AvgIpc) is 2.42. The Labute approximate surface area is 116 Å². The van der Waals surface area contributed by atoms with E-state index in [0.29, 0.717) is 5.56 Å². The van der Waals surface area contributed by atoms with Gasteiger partial charge in [-0.15, -0.1) is 0 Å². The summed E-state index contributed by atoms with van der Waals surface area (Å²) in [4.78, 5) is 33.2. The van der Waals surface area contributed by atoms with E-state index < -0.39 is 30.4 Å². The Kier molecular flexibility index (Phi) is 5.67. The quantitative estimate of drug-likeness (QED) is 0.549. The lowest BCUT2D eigenvalue weighted by atomic mass is 10.1. The molecule has 0 spiro atoms. The zero-order chi connectivity index (χ0) is 15.1. The van der Waals surface area contributed by atoms with E-state index in [1.807, 2.05) is 19.1 Å². The zero-order valence-corrected chi connectivity index (χ0v) is 11.1. The lowest BCUT2D eigenvalue weighted by Crippen LogP contribution is -2.42. The molecule has 7 nitrogen and oxygen atoms in total. The molecular weight excluding hydrogens is 262 g/mol. The van der Waals surface area contributed by atoms with Gasteiger partial charge in [0.25, 0.3) is 0 Å². The van der Waals surface area contributed by atoms with Crippen molar-refractivity contribution in [2.45, 2.75) is 13.0 Å². The fraction of sp³-hybridized carbons (Fsp3) is 0.308. The van der Waals surface area contributed by atoms with Crippen molar-refractivity contribution in [1.82, 2.24) is 10.6 Å². The summed E-state index contributed by atoms with van der Waals surface area (Å²) >= 11 is 0. The Balaban J connectivity index is 2.44. The van der Waals surface area contributed by atoms with Crippen LogP contribution in [0.2, 0.25) is 0 Å². The van der Waals surface area contributed by atoms with Crippen molar-refractivity contribution in [2.24, 2.45) is 5.73 Å². The molecule has 1 aromatic rings. The van der Waals surface area contributed by atoms with Gasteiger partial charge >= 0.3 is 5.97 Å². The van der Waals surface area contributed by atoms with Gasteiger partial charge in [-0.25, -0.2) is 0 Å². The second-order valence-electron chi connectivity index (χ2n) is 4.28. The average molecular weight is 279 g/mol. The molecule has 5 N–H and O–H groups in total. The zero-order valence-electron chi connectivity index (χ0n) is 11.1. The standard InChI is InChI=1S/C13H17N3O4/c1-8-2-4-9(5-3-8)12(14)13(20)16-6-10(17)15-7-11(18)19/h2-5,12H,6-7,14H2,1H3,(H,15,17)(H,16,20)(H,18,19). The van der Waals surface area contributed by atoms with E-state index in [-0.39, 0.29) is 6.54 Å². The Hall–Kier alpha value is -2.41. The second-order valence-corrected chi connectivity index (χ2v) is 4.28. The number of hydrogen-bond donors (Lipinski definition) is 4. The second kappa shape index (κ2) is 7.25. The molecule has 0 fully saturated rings. The molecule has 20 heavy (non-hydrogen) atoms. The number of carboxylic acids is 1. The number of nitrogens with one attached hydrogen (secondary N) is 2. The van der Waals surface area contributed by atoms with E-state index >= 15 is 0 Å². The highest BCUT2D eigenvalue weighted by Crippen LogP contribution is 2.11. The third kappa shape index (κ3) is 5.07. The smallest absolute Gasteiger partial charge is 0.322 e. The summed E-state index contributed by atoms with van der Waals surface area (Å²) in [7, 11) is 0. The lowest BCUT2D eigenvalue weighted by molar-refractivity contribution is -0.137. The molecule has 0 bridgehead atoms. The summed E-state index contributed by atoms with van der Waals surface area (Å²) in [6.45, 7) is 1.12. The molecular formula is C13H17N3O4. The maximum Gasteiger partial charge on any atom is 0.322 e. The highest BCUT2D eigenvalue weighted by molar-refractivity contribution is 5.89. The lowest BCUT2D eigenvalue weighted by Gasteiger charge is -2.12. The number of aryl methyl sites for hydroxylation is 1. The molecule has 2 amide bonds. The van der Waals surface area contributed by atoms with Crippen LogP contribution >= 0.6 is 0 Å². The van der Waals surface area contributed by atoms with Crippen LogP contribution in [0.4, 0.5) is 0 Å². The molecule has 0 aliphatic carbocycles. The first-order valence-electron chi connectivity index (χ1n) is 5.98. The van der Waals surface area contributed by atoms with E-state index in [0.717, 1.165) is 5.56 Å². The Morgan fingerprint density at radius 1 is 1.15 bits per heavy atom. The van der Waals surface area contributed by atoms with Crippen LogP contribution in [0.25, 0.3) is 0 Å². The summed E-state index contributed by atoms with van der Waals surface area (Å²) in [5, 5.41) is 12.9. The van der Waals surface area contributed by atoms with E-state index in [4.69, 9.17) is 10.8 Å². The Bertz CT molecular complexity index is 499. The van der Waals surface area contributed by atoms with Crippen LogP contribution in [0.5, 0.6) is 0 Å². The Morgan fingerprint density at radius 2 is 1.75 bits per heavy atom. The van der Waals surface area contributed by atoms with Gasteiger partial charge in [-0.05, 0) is 12.5 Å². The highest BCUT2D eigenvalue weighted by atomic mass is 16.4. The number of nitrogens with two attached hydrogens (primary N) is 1. The van der Waals surface area contributed by atoms with Gasteiger partial charge in [0, 0.05) is 0 Å². The van der Waals surface area contributed by atoms with Crippen molar-refractivity contribution in [2.75, 3.05) is 13.1 Å². The summed E-state index contributed by atoms with van der Waals surface area (Å²) in [5.41, 5.74) is 7.45. The SMILES string of the molecule is Cc1ccc(C(N)C(=O)NCC(=O)NCC(=O)O)cc1.